The van der Waals surface area contributed by atoms with Gasteiger partial charge in [0, 0.05) is 19.9 Å². The van der Waals surface area contributed by atoms with E-state index in [1.807, 2.05) is 47.8 Å². The molecule has 0 aliphatic carbocycles. The molecule has 1 N–H and O–H groups in total. The van der Waals surface area contributed by atoms with Crippen LogP contribution in [-0.2, 0) is 0 Å². The molecule has 0 radical (unpaired) electrons. The molecule has 2 aromatic carbocycles. The summed E-state index contributed by atoms with van der Waals surface area (Å²) in [5, 5.41) is 7.80. The summed E-state index contributed by atoms with van der Waals surface area (Å²) in [7, 11) is 0. The van der Waals surface area contributed by atoms with Gasteiger partial charge in [0.1, 0.15) is 5.58 Å². The van der Waals surface area contributed by atoms with E-state index < -0.39 is 5.63 Å². The number of thiazole rings is 1. The first-order valence-electron chi connectivity index (χ1n) is 8.15. The molecule has 0 atom stereocenters. The number of benzene rings is 2. The van der Waals surface area contributed by atoms with Gasteiger partial charge in [0.2, 0.25) is 5.13 Å². The third-order valence-electron chi connectivity index (χ3n) is 3.99. The number of nitrogens with zero attached hydrogens (tertiary/aromatic N) is 2. The Kier molecular flexibility index (Phi) is 5.04. The zero-order chi connectivity index (χ0) is 18.8. The van der Waals surface area contributed by atoms with Crippen molar-refractivity contribution in [2.24, 2.45) is 5.10 Å². The predicted octanol–water partition coefficient (Wildman–Crippen LogP) is 5.36. The number of hydrazone groups is 1. The first-order valence-corrected chi connectivity index (χ1v) is 10.1. The zero-order valence-corrected chi connectivity index (χ0v) is 17.2. The highest BCUT2D eigenvalue weighted by atomic mass is 127. The standard InChI is InChI=1S/C20H14IN3O2S/c1-12(16-10-14-4-2-3-5-18(14)26-19(16)25)23-24-20-22-17(11-27-20)13-6-8-15(21)9-7-13/h2-11H,1H3,(H,22,24)/b23-12-. The number of anilines is 1. The number of hydrogen-bond acceptors (Lipinski definition) is 6. The largest absolute Gasteiger partial charge is 0.422 e. The number of nitrogens with one attached hydrogen (secondary N) is 1. The molecule has 27 heavy (non-hydrogen) atoms. The van der Waals surface area contributed by atoms with Crippen molar-refractivity contribution in [1.82, 2.24) is 4.98 Å². The van der Waals surface area contributed by atoms with Crippen molar-refractivity contribution in [3.05, 3.63) is 79.5 Å². The van der Waals surface area contributed by atoms with Crippen LogP contribution in [0.5, 0.6) is 0 Å². The van der Waals surface area contributed by atoms with Crippen molar-refractivity contribution >= 4 is 55.7 Å². The first-order chi connectivity index (χ1) is 13.1. The van der Waals surface area contributed by atoms with Gasteiger partial charge in [0.05, 0.1) is 17.0 Å². The van der Waals surface area contributed by atoms with Crippen LogP contribution in [0.3, 0.4) is 0 Å². The van der Waals surface area contributed by atoms with Gasteiger partial charge in [-0.3, -0.25) is 5.43 Å². The fraction of sp³-hybridized carbons (Fsp3) is 0.0500. The summed E-state index contributed by atoms with van der Waals surface area (Å²) in [5.74, 6) is 0. The molecule has 0 aliphatic heterocycles. The third kappa shape index (κ3) is 3.93. The van der Waals surface area contributed by atoms with Crippen LogP contribution in [0.1, 0.15) is 12.5 Å². The first kappa shape index (κ1) is 17.9. The number of halogens is 1. The minimum Gasteiger partial charge on any atom is -0.422 e. The highest BCUT2D eigenvalue weighted by Crippen LogP contribution is 2.25. The minimum absolute atomic E-state index is 0.407. The Balaban J connectivity index is 1.57. The molecular formula is C20H14IN3O2S. The van der Waals surface area contributed by atoms with Gasteiger partial charge in [0.25, 0.3) is 0 Å². The Morgan fingerprint density at radius 3 is 2.78 bits per heavy atom. The van der Waals surface area contributed by atoms with Gasteiger partial charge in [0.15, 0.2) is 0 Å². The molecule has 0 fully saturated rings. The maximum atomic E-state index is 12.2. The summed E-state index contributed by atoms with van der Waals surface area (Å²) >= 11 is 3.73. The van der Waals surface area contributed by atoms with Gasteiger partial charge < -0.3 is 4.42 Å². The van der Waals surface area contributed by atoms with E-state index in [2.05, 4.69) is 38.1 Å². The Labute approximate surface area is 172 Å². The molecular weight excluding hydrogens is 473 g/mol. The topological polar surface area (TPSA) is 67.5 Å². The number of hydrogen-bond donors (Lipinski definition) is 1. The summed E-state index contributed by atoms with van der Waals surface area (Å²) < 4.78 is 6.54. The molecule has 4 aromatic rings. The van der Waals surface area contributed by atoms with Crippen molar-refractivity contribution in [3.8, 4) is 11.3 Å². The number of rotatable bonds is 4. The van der Waals surface area contributed by atoms with Crippen molar-refractivity contribution in [2.75, 3.05) is 5.43 Å². The summed E-state index contributed by atoms with van der Waals surface area (Å²) in [5.41, 5.74) is 6.00. The van der Waals surface area contributed by atoms with Crippen LogP contribution in [0.4, 0.5) is 5.13 Å². The van der Waals surface area contributed by atoms with Crippen LogP contribution in [0.15, 0.2) is 74.3 Å². The summed E-state index contributed by atoms with van der Waals surface area (Å²) in [6, 6.07) is 17.4. The SMILES string of the molecule is C/C(=N/Nc1nc(-c2ccc(I)cc2)cs1)c1cc2ccccc2oc1=O. The molecule has 0 aliphatic rings. The lowest BCUT2D eigenvalue weighted by atomic mass is 10.1. The van der Waals surface area contributed by atoms with E-state index in [0.717, 1.165) is 16.6 Å². The molecule has 0 bridgehead atoms. The second kappa shape index (κ2) is 7.61. The lowest BCUT2D eigenvalue weighted by Gasteiger charge is -2.02. The Morgan fingerprint density at radius 1 is 1.19 bits per heavy atom. The fourth-order valence-corrected chi connectivity index (χ4v) is 3.61. The second-order valence-electron chi connectivity index (χ2n) is 5.84. The van der Waals surface area contributed by atoms with Gasteiger partial charge in [-0.05, 0) is 53.8 Å². The predicted molar refractivity (Wildman–Crippen MR) is 119 cm³/mol. The zero-order valence-electron chi connectivity index (χ0n) is 14.3. The van der Waals surface area contributed by atoms with Crippen LogP contribution in [0.2, 0.25) is 0 Å². The van der Waals surface area contributed by atoms with Crippen molar-refractivity contribution in [1.29, 1.82) is 0 Å². The van der Waals surface area contributed by atoms with Crippen LogP contribution in [-0.4, -0.2) is 10.7 Å². The second-order valence-corrected chi connectivity index (χ2v) is 7.94. The molecule has 7 heteroatoms. The maximum Gasteiger partial charge on any atom is 0.345 e. The molecule has 0 unspecified atom stereocenters. The fourth-order valence-electron chi connectivity index (χ4n) is 2.58. The van der Waals surface area contributed by atoms with Gasteiger partial charge in [-0.25, -0.2) is 9.78 Å². The molecule has 0 spiro atoms. The highest BCUT2D eigenvalue weighted by molar-refractivity contribution is 14.1. The van der Waals surface area contributed by atoms with Gasteiger partial charge in [-0.15, -0.1) is 11.3 Å². The Bertz CT molecular complexity index is 1200. The summed E-state index contributed by atoms with van der Waals surface area (Å²) in [6.45, 7) is 1.77. The van der Waals surface area contributed by atoms with E-state index in [9.17, 15) is 4.79 Å². The Hall–Kier alpha value is -2.52. The molecule has 134 valence electrons. The third-order valence-corrected chi connectivity index (χ3v) is 5.46. The van der Waals surface area contributed by atoms with Crippen LogP contribution >= 0.6 is 33.9 Å². The van der Waals surface area contributed by atoms with E-state index in [1.54, 1.807) is 19.1 Å². The van der Waals surface area contributed by atoms with Crippen LogP contribution in [0, 0.1) is 3.57 Å². The molecule has 4 rings (SSSR count). The number of para-hydroxylation sites is 1. The summed E-state index contributed by atoms with van der Waals surface area (Å²) in [4.78, 5) is 16.8. The van der Waals surface area contributed by atoms with Crippen molar-refractivity contribution in [3.63, 3.8) is 0 Å². The highest BCUT2D eigenvalue weighted by Gasteiger charge is 2.09. The molecule has 0 saturated carbocycles. The summed E-state index contributed by atoms with van der Waals surface area (Å²) in [6.07, 6.45) is 0. The molecule has 5 nitrogen and oxygen atoms in total. The molecule has 0 saturated heterocycles. The van der Waals surface area contributed by atoms with Gasteiger partial charge in [-0.1, -0.05) is 30.3 Å². The Morgan fingerprint density at radius 2 is 1.96 bits per heavy atom. The average Bonchev–Trinajstić information content (AvgIpc) is 3.15. The monoisotopic (exact) mass is 487 g/mol. The smallest absolute Gasteiger partial charge is 0.345 e. The quantitative estimate of drug-likeness (QED) is 0.182. The van der Waals surface area contributed by atoms with Crippen LogP contribution in [0.25, 0.3) is 22.2 Å². The molecule has 2 aromatic heterocycles. The van der Waals surface area contributed by atoms with E-state index in [-0.39, 0.29) is 0 Å². The van der Waals surface area contributed by atoms with Gasteiger partial charge >= 0.3 is 5.63 Å². The average molecular weight is 487 g/mol. The van der Waals surface area contributed by atoms with E-state index in [4.69, 9.17) is 4.42 Å². The van der Waals surface area contributed by atoms with E-state index in [1.165, 1.54) is 14.9 Å². The number of aromatic nitrogens is 1. The molecule has 0 amide bonds. The number of fused-ring (bicyclic) bond motifs is 1. The lowest BCUT2D eigenvalue weighted by Crippen LogP contribution is -2.13. The van der Waals surface area contributed by atoms with Crippen LogP contribution < -0.4 is 11.1 Å². The van der Waals surface area contributed by atoms with Crippen molar-refractivity contribution < 1.29 is 4.42 Å². The minimum atomic E-state index is -0.407. The maximum absolute atomic E-state index is 12.2. The van der Waals surface area contributed by atoms with E-state index >= 15 is 0 Å². The lowest BCUT2D eigenvalue weighted by molar-refractivity contribution is 0.559. The van der Waals surface area contributed by atoms with Crippen molar-refractivity contribution in [2.45, 2.75) is 6.92 Å². The van der Waals surface area contributed by atoms with E-state index in [0.29, 0.717) is 22.0 Å². The van der Waals surface area contributed by atoms with Gasteiger partial charge in [-0.2, -0.15) is 5.10 Å². The normalized spacial score (nSPS) is 11.7. The molecule has 2 heterocycles.